The topological polar surface area (TPSA) is 123 Å². The summed E-state index contributed by atoms with van der Waals surface area (Å²) in [5.41, 5.74) is 6.28. The normalized spacial score (nSPS) is 14.5. The molecule has 0 unspecified atom stereocenters. The number of nitrogens with one attached hydrogen (secondary N) is 1. The van der Waals surface area contributed by atoms with Gasteiger partial charge in [-0.1, -0.05) is 48.5 Å². The Bertz CT molecular complexity index is 1600. The third kappa shape index (κ3) is 5.22. The van der Waals surface area contributed by atoms with Gasteiger partial charge in [0.15, 0.2) is 0 Å². The van der Waals surface area contributed by atoms with Crippen LogP contribution in [0.1, 0.15) is 22.5 Å². The van der Waals surface area contributed by atoms with E-state index >= 15 is 0 Å². The van der Waals surface area contributed by atoms with E-state index in [1.807, 2.05) is 55.5 Å². The minimum atomic E-state index is -3.92. The molecule has 2 aromatic heterocycles. The van der Waals surface area contributed by atoms with Crippen LogP contribution >= 0.6 is 0 Å². The van der Waals surface area contributed by atoms with E-state index in [9.17, 15) is 8.42 Å². The van der Waals surface area contributed by atoms with Crippen molar-refractivity contribution in [1.82, 2.24) is 9.97 Å². The predicted molar refractivity (Wildman–Crippen MR) is 141 cm³/mol. The van der Waals surface area contributed by atoms with Crippen LogP contribution in [0.3, 0.4) is 0 Å². The van der Waals surface area contributed by atoms with E-state index in [-0.39, 0.29) is 4.90 Å². The van der Waals surface area contributed by atoms with Gasteiger partial charge >= 0.3 is 0 Å². The first-order valence-electron chi connectivity index (χ1n) is 11.3. The molecule has 4 aromatic rings. The van der Waals surface area contributed by atoms with Gasteiger partial charge in [0.05, 0.1) is 12.2 Å². The summed E-state index contributed by atoms with van der Waals surface area (Å²) in [4.78, 5) is 18.1. The molecule has 0 saturated carbocycles. The fourth-order valence-corrected chi connectivity index (χ4v) is 4.56. The number of pyridine rings is 2. The number of sulfonamides is 1. The predicted octanol–water partition coefficient (Wildman–Crippen LogP) is 4.11. The fraction of sp³-hybridized carbons (Fsp3) is 0.111. The van der Waals surface area contributed by atoms with Gasteiger partial charge in [-0.25, -0.2) is 18.5 Å². The fourth-order valence-electron chi connectivity index (χ4n) is 4.06. The van der Waals surface area contributed by atoms with Crippen LogP contribution in [0.25, 0.3) is 11.1 Å². The Morgan fingerprint density at radius 3 is 2.56 bits per heavy atom. The highest BCUT2D eigenvalue weighted by molar-refractivity contribution is 7.89. The lowest BCUT2D eigenvalue weighted by Gasteiger charge is -2.14. The number of hydrogen-bond acceptors (Lipinski definition) is 6. The summed E-state index contributed by atoms with van der Waals surface area (Å²) in [6.07, 6.45) is 3.24. The molecule has 9 heteroatoms. The molecule has 1 aliphatic rings. The zero-order valence-electron chi connectivity index (χ0n) is 19.6. The van der Waals surface area contributed by atoms with Crippen molar-refractivity contribution in [1.29, 1.82) is 0 Å². The average molecular weight is 497 g/mol. The second-order valence-corrected chi connectivity index (χ2v) is 9.98. The highest BCUT2D eigenvalue weighted by atomic mass is 32.2. The second kappa shape index (κ2) is 9.80. The van der Waals surface area contributed by atoms with Crippen molar-refractivity contribution in [2.24, 2.45) is 15.1 Å². The van der Waals surface area contributed by atoms with Gasteiger partial charge in [-0.05, 0) is 47.9 Å². The molecule has 0 amide bonds. The standard InChI is InChI=1S/C27H24N6O2S/c1-18-7-5-10-21(31-18)16-30-26-14-24-23(19-8-3-2-4-9-19)11-6-12-25(24)32-27(33-26)20-13-22(17-29-15-20)36(28,34)35/h2-13,15,17H,14,16H2,1H3,(H2,28,34,35)(H,30,32,33). The molecule has 0 radical (unpaired) electrons. The number of hydrogen-bond donors (Lipinski definition) is 2. The van der Waals surface area contributed by atoms with E-state index in [0.717, 1.165) is 33.8 Å². The monoisotopic (exact) mass is 496 g/mol. The molecule has 0 atom stereocenters. The Balaban J connectivity index is 1.62. The van der Waals surface area contributed by atoms with Gasteiger partial charge in [0.25, 0.3) is 0 Å². The molecular weight excluding hydrogens is 472 g/mol. The minimum Gasteiger partial charge on any atom is -0.339 e. The number of fused-ring (bicyclic) bond motifs is 1. The van der Waals surface area contributed by atoms with E-state index in [0.29, 0.717) is 30.2 Å². The van der Waals surface area contributed by atoms with Gasteiger partial charge < -0.3 is 5.32 Å². The number of amidine groups is 2. The van der Waals surface area contributed by atoms with E-state index < -0.39 is 10.0 Å². The van der Waals surface area contributed by atoms with Crippen LogP contribution in [0.15, 0.2) is 100 Å². The highest BCUT2D eigenvalue weighted by Crippen LogP contribution is 2.32. The van der Waals surface area contributed by atoms with Gasteiger partial charge in [-0.3, -0.25) is 15.0 Å². The van der Waals surface area contributed by atoms with Crippen molar-refractivity contribution in [3.8, 4) is 11.1 Å². The van der Waals surface area contributed by atoms with E-state index in [4.69, 9.17) is 15.1 Å². The summed E-state index contributed by atoms with van der Waals surface area (Å²) in [6.45, 7) is 2.31. The van der Waals surface area contributed by atoms with Crippen molar-refractivity contribution in [2.45, 2.75) is 24.8 Å². The maximum absolute atomic E-state index is 11.9. The molecule has 0 saturated heterocycles. The van der Waals surface area contributed by atoms with E-state index in [1.165, 1.54) is 12.3 Å². The van der Waals surface area contributed by atoms with Crippen molar-refractivity contribution < 1.29 is 8.42 Å². The van der Waals surface area contributed by atoms with Gasteiger partial charge in [0.2, 0.25) is 10.0 Å². The largest absolute Gasteiger partial charge is 0.339 e. The second-order valence-electron chi connectivity index (χ2n) is 8.42. The number of nitrogens with two attached hydrogens (primary N) is 1. The molecule has 1 aliphatic heterocycles. The van der Waals surface area contributed by atoms with E-state index in [1.54, 1.807) is 6.20 Å². The van der Waals surface area contributed by atoms with Crippen LogP contribution in [0.4, 0.5) is 5.69 Å². The average Bonchev–Trinajstić information content (AvgIpc) is 3.07. The maximum atomic E-state index is 11.9. The Kier molecular flexibility index (Phi) is 6.41. The number of primary sulfonamides is 1. The van der Waals surface area contributed by atoms with Crippen LogP contribution in [0.2, 0.25) is 0 Å². The molecule has 0 fully saturated rings. The number of aromatic nitrogens is 2. The van der Waals surface area contributed by atoms with Crippen LogP contribution < -0.4 is 10.5 Å². The molecule has 180 valence electrons. The Hall–Kier alpha value is -4.21. The molecule has 5 rings (SSSR count). The summed E-state index contributed by atoms with van der Waals surface area (Å²) >= 11 is 0. The van der Waals surface area contributed by atoms with Crippen molar-refractivity contribution in [3.63, 3.8) is 0 Å². The Labute approximate surface area is 209 Å². The SMILES string of the molecule is Cc1cccc(CN=C2Cc3c(cccc3-c3ccccc3)NC(c3cncc(S(N)(=O)=O)c3)=N2)n1. The lowest BCUT2D eigenvalue weighted by atomic mass is 9.96. The van der Waals surface area contributed by atoms with Gasteiger partial charge in [-0.15, -0.1) is 0 Å². The first-order valence-corrected chi connectivity index (χ1v) is 12.9. The maximum Gasteiger partial charge on any atom is 0.239 e. The number of nitrogens with zero attached hydrogens (tertiary/aromatic N) is 4. The smallest absolute Gasteiger partial charge is 0.239 e. The number of aryl methyl sites for hydroxylation is 1. The minimum absolute atomic E-state index is 0.0885. The molecule has 0 aliphatic carbocycles. The van der Waals surface area contributed by atoms with Crippen molar-refractivity contribution >= 4 is 27.4 Å². The molecule has 36 heavy (non-hydrogen) atoms. The van der Waals surface area contributed by atoms with Crippen molar-refractivity contribution in [3.05, 3.63) is 108 Å². The lowest BCUT2D eigenvalue weighted by Crippen LogP contribution is -2.17. The molecule has 3 N–H and O–H groups in total. The Morgan fingerprint density at radius 2 is 1.78 bits per heavy atom. The molecular formula is C27H24N6O2S. The van der Waals surface area contributed by atoms with Gasteiger partial charge in [-0.2, -0.15) is 0 Å². The third-order valence-corrected chi connectivity index (χ3v) is 6.65. The zero-order chi connectivity index (χ0) is 25.1. The van der Waals surface area contributed by atoms with Crippen LogP contribution in [-0.4, -0.2) is 30.1 Å². The Morgan fingerprint density at radius 1 is 0.972 bits per heavy atom. The summed E-state index contributed by atoms with van der Waals surface area (Å²) in [5, 5.41) is 8.72. The van der Waals surface area contributed by atoms with Crippen LogP contribution in [0.5, 0.6) is 0 Å². The quantitative estimate of drug-likeness (QED) is 0.430. The molecule has 0 spiro atoms. The van der Waals surface area contributed by atoms with E-state index in [2.05, 4.69) is 33.5 Å². The number of anilines is 1. The number of benzene rings is 2. The van der Waals surface area contributed by atoms with Crippen molar-refractivity contribution in [2.75, 3.05) is 5.32 Å². The summed E-state index contributed by atoms with van der Waals surface area (Å²) in [5.74, 6) is 1.02. The summed E-state index contributed by atoms with van der Waals surface area (Å²) in [6, 6.07) is 23.4. The highest BCUT2D eigenvalue weighted by Gasteiger charge is 2.20. The molecule has 0 bridgehead atoms. The first-order chi connectivity index (χ1) is 17.4. The van der Waals surface area contributed by atoms with Crippen LogP contribution in [-0.2, 0) is 23.0 Å². The molecule has 3 heterocycles. The number of rotatable bonds is 5. The van der Waals surface area contributed by atoms with Gasteiger partial charge in [0, 0.05) is 35.8 Å². The van der Waals surface area contributed by atoms with Crippen LogP contribution in [0, 0.1) is 6.92 Å². The molecule has 2 aromatic carbocycles. The lowest BCUT2D eigenvalue weighted by molar-refractivity contribution is 0.597. The summed E-state index contributed by atoms with van der Waals surface area (Å²) < 4.78 is 23.9. The third-order valence-electron chi connectivity index (χ3n) is 5.77. The van der Waals surface area contributed by atoms with Gasteiger partial charge in [0.1, 0.15) is 16.6 Å². The molecule has 8 nitrogen and oxygen atoms in total. The summed E-state index contributed by atoms with van der Waals surface area (Å²) in [7, 11) is -3.92. The first kappa shape index (κ1) is 23.5. The zero-order valence-corrected chi connectivity index (χ0v) is 20.4. The number of aliphatic imine (C=N–C) groups is 2.